The highest BCUT2D eigenvalue weighted by Gasteiger charge is 2.30. The minimum absolute atomic E-state index is 0.0454. The highest BCUT2D eigenvalue weighted by molar-refractivity contribution is 6.33. The van der Waals surface area contributed by atoms with Crippen molar-refractivity contribution >= 4 is 29.2 Å². The molecule has 4 rings (SSSR count). The van der Waals surface area contributed by atoms with Gasteiger partial charge in [0.15, 0.2) is 5.69 Å². The molecule has 2 aliphatic carbocycles. The van der Waals surface area contributed by atoms with E-state index in [0.717, 1.165) is 51.4 Å². The van der Waals surface area contributed by atoms with E-state index in [0.29, 0.717) is 22.2 Å². The molecule has 1 N–H and O–H groups in total. The lowest BCUT2D eigenvalue weighted by Crippen LogP contribution is -2.40. The van der Waals surface area contributed by atoms with E-state index >= 15 is 0 Å². The second-order valence-electron chi connectivity index (χ2n) is 8.87. The molecule has 2 fully saturated rings. The van der Waals surface area contributed by atoms with Crippen LogP contribution in [0.4, 0.5) is 5.69 Å². The summed E-state index contributed by atoms with van der Waals surface area (Å²) in [7, 11) is 1.42. The van der Waals surface area contributed by atoms with Crippen LogP contribution in [0, 0.1) is 12.5 Å². The molecule has 9 nitrogen and oxygen atoms in total. The number of rotatable bonds is 6. The van der Waals surface area contributed by atoms with Crippen LogP contribution in [0.5, 0.6) is 5.75 Å². The lowest BCUT2D eigenvalue weighted by Gasteiger charge is -2.29. The lowest BCUT2D eigenvalue weighted by molar-refractivity contribution is -0.146. The Morgan fingerprint density at radius 3 is 2.53 bits per heavy atom. The number of aromatic nitrogens is 3. The number of methoxy groups -OCH3 is 1. The van der Waals surface area contributed by atoms with E-state index in [1.807, 2.05) is 0 Å². The SMILES string of the molecule is [C-]#[N+]c1ccc(OC2CCC(NC(=O)c3cnn(C4CCC(C(=O)OC)CC4)n3)CC2)cc1Cl. The van der Waals surface area contributed by atoms with Crippen LogP contribution in [0.25, 0.3) is 4.85 Å². The standard InChI is InChI=1S/C24H28ClN5O4/c1-26-21-12-11-19(13-20(21)25)34-18-9-5-16(6-10-18)28-23(31)22-14-27-30(29-22)17-7-3-15(4-8-17)24(32)33-2/h11-18H,3-10H2,2H3,(H,28,31). The molecule has 0 bridgehead atoms. The van der Waals surface area contributed by atoms with E-state index in [-0.39, 0.29) is 36.0 Å². The maximum Gasteiger partial charge on any atom is 0.308 e. The van der Waals surface area contributed by atoms with Crippen LogP contribution >= 0.6 is 11.6 Å². The van der Waals surface area contributed by atoms with Gasteiger partial charge < -0.3 is 14.8 Å². The van der Waals surface area contributed by atoms with Crippen LogP contribution < -0.4 is 10.1 Å². The number of hydrogen-bond donors (Lipinski definition) is 1. The molecular formula is C24H28ClN5O4. The molecule has 1 amide bonds. The number of nitrogens with zero attached hydrogens (tertiary/aromatic N) is 4. The van der Waals surface area contributed by atoms with Gasteiger partial charge in [0, 0.05) is 6.04 Å². The van der Waals surface area contributed by atoms with Crippen LogP contribution in [0.2, 0.25) is 5.02 Å². The number of carbonyl (C=O) groups is 2. The van der Waals surface area contributed by atoms with Gasteiger partial charge in [-0.1, -0.05) is 17.7 Å². The van der Waals surface area contributed by atoms with Gasteiger partial charge in [-0.05, 0) is 63.5 Å². The largest absolute Gasteiger partial charge is 0.490 e. The van der Waals surface area contributed by atoms with E-state index in [1.54, 1.807) is 23.0 Å². The number of halogens is 1. The van der Waals surface area contributed by atoms with Crippen molar-refractivity contribution in [1.82, 2.24) is 20.3 Å². The second-order valence-corrected chi connectivity index (χ2v) is 9.28. The van der Waals surface area contributed by atoms with Gasteiger partial charge in [0.05, 0.1) is 43.0 Å². The van der Waals surface area contributed by atoms with Crippen LogP contribution in [0.15, 0.2) is 24.4 Å². The quantitative estimate of drug-likeness (QED) is 0.477. The van der Waals surface area contributed by atoms with E-state index in [1.165, 1.54) is 13.3 Å². The summed E-state index contributed by atoms with van der Waals surface area (Å²) in [6, 6.07) is 5.24. The molecular weight excluding hydrogens is 458 g/mol. The van der Waals surface area contributed by atoms with E-state index in [9.17, 15) is 9.59 Å². The zero-order valence-corrected chi connectivity index (χ0v) is 19.8. The van der Waals surface area contributed by atoms with Gasteiger partial charge in [-0.25, -0.2) is 4.85 Å². The maximum atomic E-state index is 12.7. The summed E-state index contributed by atoms with van der Waals surface area (Å²) in [5, 5.41) is 12.2. The van der Waals surface area contributed by atoms with Gasteiger partial charge >= 0.3 is 5.97 Å². The van der Waals surface area contributed by atoms with Crippen LogP contribution in [0.3, 0.4) is 0 Å². The highest BCUT2D eigenvalue weighted by Crippen LogP contribution is 2.33. The fraction of sp³-hybridized carbons (Fsp3) is 0.542. The Hall–Kier alpha value is -3.12. The monoisotopic (exact) mass is 485 g/mol. The second kappa shape index (κ2) is 10.9. The summed E-state index contributed by atoms with van der Waals surface area (Å²) in [6.07, 6.45) is 7.81. The molecule has 10 heteroatoms. The van der Waals surface area contributed by atoms with Crippen molar-refractivity contribution in [2.45, 2.75) is 69.6 Å². The smallest absolute Gasteiger partial charge is 0.308 e. The number of carbonyl (C=O) groups excluding carboxylic acids is 2. The van der Waals surface area contributed by atoms with Gasteiger partial charge in [0.25, 0.3) is 5.91 Å². The number of amides is 1. The van der Waals surface area contributed by atoms with Crippen molar-refractivity contribution in [2.75, 3.05) is 7.11 Å². The molecule has 0 radical (unpaired) electrons. The summed E-state index contributed by atoms with van der Waals surface area (Å²) < 4.78 is 10.9. The van der Waals surface area contributed by atoms with Gasteiger partial charge in [0.1, 0.15) is 5.75 Å². The molecule has 0 saturated heterocycles. The van der Waals surface area contributed by atoms with Crippen LogP contribution in [-0.4, -0.2) is 46.1 Å². The fourth-order valence-corrected chi connectivity index (χ4v) is 4.91. The normalized spacial score (nSPS) is 24.6. The lowest BCUT2D eigenvalue weighted by atomic mass is 9.86. The van der Waals surface area contributed by atoms with E-state index < -0.39 is 0 Å². The first-order valence-corrected chi connectivity index (χ1v) is 12.0. The number of nitrogens with one attached hydrogen (secondary N) is 1. The third-order valence-corrected chi connectivity index (χ3v) is 6.95. The molecule has 180 valence electrons. The van der Waals surface area contributed by atoms with Crippen molar-refractivity contribution in [3.63, 3.8) is 0 Å². The summed E-state index contributed by atoms with van der Waals surface area (Å²) in [4.78, 5) is 29.4. The number of ether oxygens (including phenoxy) is 2. The number of esters is 1. The zero-order valence-electron chi connectivity index (χ0n) is 19.1. The molecule has 2 aromatic rings. The van der Waals surface area contributed by atoms with Crippen molar-refractivity contribution in [2.24, 2.45) is 5.92 Å². The number of benzene rings is 1. The minimum atomic E-state index is -0.222. The summed E-state index contributed by atoms with van der Waals surface area (Å²) in [6.45, 7) is 7.07. The van der Waals surface area contributed by atoms with Crippen LogP contribution in [-0.2, 0) is 9.53 Å². The predicted molar refractivity (Wildman–Crippen MR) is 125 cm³/mol. The third kappa shape index (κ3) is 5.68. The van der Waals surface area contributed by atoms with E-state index in [4.69, 9.17) is 27.6 Å². The average Bonchev–Trinajstić information content (AvgIpc) is 3.36. The Morgan fingerprint density at radius 2 is 1.88 bits per heavy atom. The Bertz CT molecular complexity index is 1070. The molecule has 2 saturated carbocycles. The Morgan fingerprint density at radius 1 is 1.15 bits per heavy atom. The van der Waals surface area contributed by atoms with Gasteiger partial charge in [0.2, 0.25) is 5.69 Å². The van der Waals surface area contributed by atoms with Gasteiger partial charge in [-0.2, -0.15) is 9.90 Å². The topological polar surface area (TPSA) is 99.7 Å². The zero-order chi connectivity index (χ0) is 24.1. The Labute approximate surface area is 203 Å². The minimum Gasteiger partial charge on any atom is -0.490 e. The summed E-state index contributed by atoms with van der Waals surface area (Å²) in [5.74, 6) is 0.213. The molecule has 0 atom stereocenters. The number of hydrogen-bond acceptors (Lipinski definition) is 6. The van der Waals surface area contributed by atoms with Crippen LogP contribution in [0.1, 0.15) is 67.9 Å². The molecule has 1 aromatic heterocycles. The third-order valence-electron chi connectivity index (χ3n) is 6.65. The molecule has 1 aromatic carbocycles. The highest BCUT2D eigenvalue weighted by atomic mass is 35.5. The van der Waals surface area contributed by atoms with Crippen molar-refractivity contribution in [3.05, 3.63) is 46.5 Å². The molecule has 1 heterocycles. The summed E-state index contributed by atoms with van der Waals surface area (Å²) in [5.41, 5.74) is 0.717. The molecule has 0 unspecified atom stereocenters. The van der Waals surface area contributed by atoms with Crippen molar-refractivity contribution in [3.8, 4) is 5.75 Å². The fourth-order valence-electron chi connectivity index (χ4n) is 4.69. The first kappa shape index (κ1) is 24.0. The Balaban J connectivity index is 1.23. The average molecular weight is 486 g/mol. The molecule has 0 aliphatic heterocycles. The molecule has 0 spiro atoms. The summed E-state index contributed by atoms with van der Waals surface area (Å²) >= 11 is 6.09. The predicted octanol–water partition coefficient (Wildman–Crippen LogP) is 4.51. The van der Waals surface area contributed by atoms with Gasteiger partial charge in [-0.3, -0.25) is 9.59 Å². The molecule has 2 aliphatic rings. The maximum absolute atomic E-state index is 12.7. The van der Waals surface area contributed by atoms with E-state index in [2.05, 4.69) is 20.4 Å². The Kier molecular flexibility index (Phi) is 7.68. The first-order valence-electron chi connectivity index (χ1n) is 11.6. The van der Waals surface area contributed by atoms with Gasteiger partial charge in [-0.15, -0.1) is 5.10 Å². The first-order chi connectivity index (χ1) is 16.5. The molecule has 34 heavy (non-hydrogen) atoms. The van der Waals surface area contributed by atoms with Crippen molar-refractivity contribution in [1.29, 1.82) is 0 Å². The van der Waals surface area contributed by atoms with Crippen molar-refractivity contribution < 1.29 is 19.1 Å².